The van der Waals surface area contributed by atoms with E-state index in [1.54, 1.807) is 6.20 Å². The zero-order valence-electron chi connectivity index (χ0n) is 12.6. The first-order valence-electron chi connectivity index (χ1n) is 7.36. The lowest BCUT2D eigenvalue weighted by Gasteiger charge is -2.36. The van der Waals surface area contributed by atoms with Crippen LogP contribution >= 0.6 is 0 Å². The summed E-state index contributed by atoms with van der Waals surface area (Å²) in [5.41, 5.74) is 3.63. The number of anilines is 2. The molecule has 0 amide bonds. The standard InChI is InChI=1S/C14H23N7/c1-20(2)14(5-3-4-6-14)10-17-12-13-16-7-8-21(13)9-11(18-12)19-15/h7-9,19H,3-6,10,15H2,1-2H3,(H,17,18). The summed E-state index contributed by atoms with van der Waals surface area (Å²) in [6.07, 6.45) is 10.5. The zero-order chi connectivity index (χ0) is 14.9. The number of hydrazine groups is 1. The second kappa shape index (κ2) is 5.50. The molecule has 0 saturated heterocycles. The minimum absolute atomic E-state index is 0.206. The minimum Gasteiger partial charge on any atom is -0.365 e. The first kappa shape index (κ1) is 14.1. The monoisotopic (exact) mass is 289 g/mol. The predicted octanol–water partition coefficient (Wildman–Crippen LogP) is 1.30. The highest BCUT2D eigenvalue weighted by atomic mass is 15.3. The molecule has 114 valence electrons. The van der Waals surface area contributed by atoms with Gasteiger partial charge in [-0.2, -0.15) is 0 Å². The molecule has 7 heteroatoms. The van der Waals surface area contributed by atoms with Gasteiger partial charge in [0, 0.05) is 24.5 Å². The largest absolute Gasteiger partial charge is 0.365 e. The molecule has 1 fully saturated rings. The van der Waals surface area contributed by atoms with Gasteiger partial charge in [0.2, 0.25) is 0 Å². The van der Waals surface area contributed by atoms with Crippen molar-refractivity contribution in [3.63, 3.8) is 0 Å². The van der Waals surface area contributed by atoms with Crippen molar-refractivity contribution in [1.82, 2.24) is 19.3 Å². The highest BCUT2D eigenvalue weighted by Gasteiger charge is 2.35. The topological polar surface area (TPSA) is 83.5 Å². The highest BCUT2D eigenvalue weighted by Crippen LogP contribution is 2.34. The van der Waals surface area contributed by atoms with Gasteiger partial charge in [0.05, 0.1) is 6.20 Å². The highest BCUT2D eigenvalue weighted by molar-refractivity contribution is 5.65. The van der Waals surface area contributed by atoms with Crippen LogP contribution in [0.2, 0.25) is 0 Å². The molecular formula is C14H23N7. The number of hydrogen-bond donors (Lipinski definition) is 3. The molecule has 1 aliphatic rings. The molecule has 0 spiro atoms. The Hall–Kier alpha value is -1.86. The fourth-order valence-corrected chi connectivity index (χ4v) is 3.18. The van der Waals surface area contributed by atoms with Crippen molar-refractivity contribution < 1.29 is 0 Å². The van der Waals surface area contributed by atoms with Crippen LogP contribution in [-0.4, -0.2) is 45.4 Å². The van der Waals surface area contributed by atoms with Crippen molar-refractivity contribution >= 4 is 17.3 Å². The summed E-state index contributed by atoms with van der Waals surface area (Å²) in [7, 11) is 4.31. The van der Waals surface area contributed by atoms with Gasteiger partial charge in [0.15, 0.2) is 17.3 Å². The van der Waals surface area contributed by atoms with E-state index in [-0.39, 0.29) is 5.54 Å². The third-order valence-corrected chi connectivity index (χ3v) is 4.59. The second-order valence-corrected chi connectivity index (χ2v) is 5.96. The maximum Gasteiger partial charge on any atom is 0.180 e. The third kappa shape index (κ3) is 2.54. The molecule has 0 unspecified atom stereocenters. The number of nitrogens with two attached hydrogens (primary N) is 1. The van der Waals surface area contributed by atoms with E-state index in [1.807, 2.05) is 16.8 Å². The lowest BCUT2D eigenvalue weighted by Crippen LogP contribution is -2.47. The molecule has 0 radical (unpaired) electrons. The Morgan fingerprint density at radius 3 is 2.81 bits per heavy atom. The Labute approximate surface area is 124 Å². The van der Waals surface area contributed by atoms with Gasteiger partial charge in [-0.15, -0.1) is 0 Å². The molecule has 1 aliphatic carbocycles. The number of nitrogens with zero attached hydrogens (tertiary/aromatic N) is 4. The van der Waals surface area contributed by atoms with Gasteiger partial charge in [-0.1, -0.05) is 12.8 Å². The van der Waals surface area contributed by atoms with Gasteiger partial charge < -0.3 is 20.0 Å². The van der Waals surface area contributed by atoms with Crippen molar-refractivity contribution in [2.24, 2.45) is 5.84 Å². The molecule has 2 aromatic heterocycles. The Morgan fingerprint density at radius 1 is 1.38 bits per heavy atom. The second-order valence-electron chi connectivity index (χ2n) is 5.96. The van der Waals surface area contributed by atoms with Gasteiger partial charge in [-0.05, 0) is 26.9 Å². The Bertz CT molecular complexity index is 613. The fourth-order valence-electron chi connectivity index (χ4n) is 3.18. The minimum atomic E-state index is 0.206. The zero-order valence-corrected chi connectivity index (χ0v) is 12.6. The molecule has 0 aliphatic heterocycles. The Morgan fingerprint density at radius 2 is 2.14 bits per heavy atom. The number of nitrogens with one attached hydrogen (secondary N) is 2. The molecule has 2 heterocycles. The van der Waals surface area contributed by atoms with E-state index in [0.29, 0.717) is 5.82 Å². The SMILES string of the molecule is CN(C)C1(CNc2nc(NN)cn3ccnc23)CCCC1. The van der Waals surface area contributed by atoms with E-state index in [4.69, 9.17) is 5.84 Å². The fraction of sp³-hybridized carbons (Fsp3) is 0.571. The molecule has 0 aromatic carbocycles. The Balaban J connectivity index is 1.85. The van der Waals surface area contributed by atoms with E-state index in [1.165, 1.54) is 25.7 Å². The van der Waals surface area contributed by atoms with Crippen molar-refractivity contribution in [1.29, 1.82) is 0 Å². The average molecular weight is 289 g/mol. The van der Waals surface area contributed by atoms with Gasteiger partial charge in [-0.25, -0.2) is 15.8 Å². The van der Waals surface area contributed by atoms with Gasteiger partial charge in [0.1, 0.15) is 0 Å². The van der Waals surface area contributed by atoms with Crippen LogP contribution in [0.4, 0.5) is 11.6 Å². The van der Waals surface area contributed by atoms with E-state index in [9.17, 15) is 0 Å². The van der Waals surface area contributed by atoms with Crippen LogP contribution in [0.5, 0.6) is 0 Å². The summed E-state index contributed by atoms with van der Waals surface area (Å²) >= 11 is 0. The summed E-state index contributed by atoms with van der Waals surface area (Å²) < 4.78 is 1.92. The first-order chi connectivity index (χ1) is 10.1. The number of rotatable bonds is 5. The summed E-state index contributed by atoms with van der Waals surface area (Å²) in [6.45, 7) is 0.865. The maximum absolute atomic E-state index is 5.49. The molecule has 0 bridgehead atoms. The smallest absolute Gasteiger partial charge is 0.180 e. The average Bonchev–Trinajstić information content (AvgIpc) is 3.14. The number of hydrogen-bond acceptors (Lipinski definition) is 6. The molecular weight excluding hydrogens is 266 g/mol. The van der Waals surface area contributed by atoms with Crippen molar-refractivity contribution in [2.75, 3.05) is 31.4 Å². The number of aromatic nitrogens is 3. The first-order valence-corrected chi connectivity index (χ1v) is 7.36. The Kier molecular flexibility index (Phi) is 3.69. The number of nitrogen functional groups attached to an aromatic ring is 1. The molecule has 2 aromatic rings. The van der Waals surface area contributed by atoms with E-state index in [2.05, 4.69) is 39.7 Å². The van der Waals surface area contributed by atoms with E-state index < -0.39 is 0 Å². The molecule has 0 atom stereocenters. The van der Waals surface area contributed by atoms with Crippen LogP contribution in [0.15, 0.2) is 18.6 Å². The van der Waals surface area contributed by atoms with Crippen molar-refractivity contribution in [3.8, 4) is 0 Å². The number of imidazole rings is 1. The van der Waals surface area contributed by atoms with E-state index >= 15 is 0 Å². The summed E-state index contributed by atoms with van der Waals surface area (Å²) in [4.78, 5) is 11.2. The lowest BCUT2D eigenvalue weighted by atomic mass is 9.96. The van der Waals surface area contributed by atoms with Crippen molar-refractivity contribution in [3.05, 3.63) is 18.6 Å². The van der Waals surface area contributed by atoms with Gasteiger partial charge >= 0.3 is 0 Å². The van der Waals surface area contributed by atoms with Gasteiger partial charge in [-0.3, -0.25) is 0 Å². The van der Waals surface area contributed by atoms with Crippen LogP contribution < -0.4 is 16.6 Å². The van der Waals surface area contributed by atoms with Crippen LogP contribution in [0, 0.1) is 0 Å². The lowest BCUT2D eigenvalue weighted by molar-refractivity contribution is 0.172. The number of fused-ring (bicyclic) bond motifs is 1. The predicted molar refractivity (Wildman–Crippen MR) is 84.2 cm³/mol. The summed E-state index contributed by atoms with van der Waals surface area (Å²) in [5, 5.41) is 3.48. The third-order valence-electron chi connectivity index (χ3n) is 4.59. The summed E-state index contributed by atoms with van der Waals surface area (Å²) in [5.74, 6) is 6.87. The van der Waals surface area contributed by atoms with Crippen LogP contribution in [0.25, 0.3) is 5.65 Å². The van der Waals surface area contributed by atoms with E-state index in [0.717, 1.165) is 18.0 Å². The molecule has 4 N–H and O–H groups in total. The van der Waals surface area contributed by atoms with Crippen molar-refractivity contribution in [2.45, 2.75) is 31.2 Å². The molecule has 7 nitrogen and oxygen atoms in total. The molecule has 1 saturated carbocycles. The normalized spacial score (nSPS) is 17.5. The molecule has 21 heavy (non-hydrogen) atoms. The van der Waals surface area contributed by atoms with Crippen LogP contribution in [0.1, 0.15) is 25.7 Å². The summed E-state index contributed by atoms with van der Waals surface area (Å²) in [6, 6.07) is 0. The molecule has 3 rings (SSSR count). The quantitative estimate of drug-likeness (QED) is 0.568. The maximum atomic E-state index is 5.49. The van der Waals surface area contributed by atoms with Gasteiger partial charge in [0.25, 0.3) is 0 Å². The number of likely N-dealkylation sites (N-methyl/N-ethyl adjacent to an activating group) is 1. The van der Waals surface area contributed by atoms with Crippen LogP contribution in [-0.2, 0) is 0 Å². The van der Waals surface area contributed by atoms with Crippen LogP contribution in [0.3, 0.4) is 0 Å².